The summed E-state index contributed by atoms with van der Waals surface area (Å²) in [5.41, 5.74) is 3.33. The first-order chi connectivity index (χ1) is 9.78. The maximum Gasteiger partial charge on any atom is 0.238 e. The molecule has 3 rings (SSSR count). The van der Waals surface area contributed by atoms with Gasteiger partial charge in [0, 0.05) is 10.3 Å². The first kappa shape index (κ1) is 13.2. The number of nitrogen functional groups attached to an aromatic ring is 1. The van der Waals surface area contributed by atoms with E-state index in [4.69, 9.17) is 17.4 Å². The molecule has 0 aliphatic carbocycles. The van der Waals surface area contributed by atoms with Crippen LogP contribution in [-0.4, -0.2) is 9.97 Å². The van der Waals surface area contributed by atoms with Crippen LogP contribution in [0.1, 0.15) is 0 Å². The molecule has 100 valence electrons. The van der Waals surface area contributed by atoms with E-state index >= 15 is 0 Å². The summed E-state index contributed by atoms with van der Waals surface area (Å²) in [4.78, 5) is 9.68. The lowest BCUT2D eigenvalue weighted by molar-refractivity contribution is 1.07. The van der Waals surface area contributed by atoms with Gasteiger partial charge in [-0.1, -0.05) is 53.7 Å². The normalized spacial score (nSPS) is 10.7. The van der Waals surface area contributed by atoms with Gasteiger partial charge in [0.2, 0.25) is 5.95 Å². The van der Waals surface area contributed by atoms with Gasteiger partial charge in [0.1, 0.15) is 5.03 Å². The number of hydrogen-bond acceptors (Lipinski definition) is 5. The molecule has 1 aromatic heterocycles. The SMILES string of the molecule is NNc1nc(Sc2ccccc2Cl)c2ccccc2n1. The summed E-state index contributed by atoms with van der Waals surface area (Å²) in [6.45, 7) is 0. The van der Waals surface area contributed by atoms with E-state index in [1.165, 1.54) is 11.8 Å². The molecule has 20 heavy (non-hydrogen) atoms. The van der Waals surface area contributed by atoms with Crippen molar-refractivity contribution in [3.63, 3.8) is 0 Å². The second-order valence-electron chi connectivity index (χ2n) is 4.05. The lowest BCUT2D eigenvalue weighted by atomic mass is 10.2. The van der Waals surface area contributed by atoms with Gasteiger partial charge in [0.05, 0.1) is 10.5 Å². The molecule has 0 saturated heterocycles. The van der Waals surface area contributed by atoms with Gasteiger partial charge in [0.25, 0.3) is 0 Å². The van der Waals surface area contributed by atoms with Crippen LogP contribution in [0.25, 0.3) is 10.9 Å². The average molecular weight is 303 g/mol. The molecule has 0 unspecified atom stereocenters. The van der Waals surface area contributed by atoms with Gasteiger partial charge in [-0.2, -0.15) is 0 Å². The van der Waals surface area contributed by atoms with Crippen LogP contribution in [0.3, 0.4) is 0 Å². The second-order valence-corrected chi connectivity index (χ2v) is 5.48. The van der Waals surface area contributed by atoms with E-state index in [0.717, 1.165) is 20.8 Å². The van der Waals surface area contributed by atoms with Gasteiger partial charge in [0.15, 0.2) is 0 Å². The summed E-state index contributed by atoms with van der Waals surface area (Å²) in [5.74, 6) is 5.81. The molecule has 6 heteroatoms. The van der Waals surface area contributed by atoms with Crippen LogP contribution in [-0.2, 0) is 0 Å². The van der Waals surface area contributed by atoms with Crippen LogP contribution in [0.15, 0.2) is 58.5 Å². The number of para-hydroxylation sites is 1. The highest BCUT2D eigenvalue weighted by Crippen LogP contribution is 2.35. The number of fused-ring (bicyclic) bond motifs is 1. The Morgan fingerprint density at radius 2 is 1.75 bits per heavy atom. The second kappa shape index (κ2) is 5.66. The number of hydrazine groups is 1. The highest BCUT2D eigenvalue weighted by Gasteiger charge is 2.10. The maximum absolute atomic E-state index is 6.19. The molecule has 0 aliphatic heterocycles. The molecule has 3 aromatic rings. The van der Waals surface area contributed by atoms with E-state index in [2.05, 4.69) is 15.4 Å². The number of aromatic nitrogens is 2. The van der Waals surface area contributed by atoms with E-state index in [1.807, 2.05) is 48.5 Å². The molecule has 0 amide bonds. The van der Waals surface area contributed by atoms with Gasteiger partial charge in [-0.05, 0) is 18.2 Å². The molecule has 4 nitrogen and oxygen atoms in total. The van der Waals surface area contributed by atoms with Crippen molar-refractivity contribution in [2.75, 3.05) is 5.43 Å². The highest BCUT2D eigenvalue weighted by atomic mass is 35.5. The van der Waals surface area contributed by atoms with Crippen LogP contribution >= 0.6 is 23.4 Å². The highest BCUT2D eigenvalue weighted by molar-refractivity contribution is 7.99. The molecule has 1 heterocycles. The van der Waals surface area contributed by atoms with Crippen molar-refractivity contribution in [2.45, 2.75) is 9.92 Å². The van der Waals surface area contributed by atoms with E-state index in [0.29, 0.717) is 11.0 Å². The molecule has 0 fully saturated rings. The van der Waals surface area contributed by atoms with Gasteiger partial charge in [-0.3, -0.25) is 5.43 Å². The molecule has 0 radical (unpaired) electrons. The van der Waals surface area contributed by atoms with Crippen LogP contribution in [0.2, 0.25) is 5.02 Å². The number of halogens is 1. The Balaban J connectivity index is 2.13. The Morgan fingerprint density at radius 1 is 1.00 bits per heavy atom. The number of nitrogens with zero attached hydrogens (tertiary/aromatic N) is 2. The van der Waals surface area contributed by atoms with Crippen LogP contribution in [0.4, 0.5) is 5.95 Å². The molecule has 0 atom stereocenters. The summed E-state index contributed by atoms with van der Waals surface area (Å²) in [6, 6.07) is 15.5. The van der Waals surface area contributed by atoms with Crippen molar-refractivity contribution in [1.82, 2.24) is 9.97 Å². The lowest BCUT2D eigenvalue weighted by Crippen LogP contribution is -2.10. The summed E-state index contributed by atoms with van der Waals surface area (Å²) in [7, 11) is 0. The molecule has 0 aliphatic rings. The number of rotatable bonds is 3. The largest absolute Gasteiger partial charge is 0.292 e. The van der Waals surface area contributed by atoms with Crippen LogP contribution in [0, 0.1) is 0 Å². The molecule has 3 N–H and O–H groups in total. The Hall–Kier alpha value is -1.82. The van der Waals surface area contributed by atoms with Gasteiger partial charge >= 0.3 is 0 Å². The number of benzene rings is 2. The zero-order valence-electron chi connectivity index (χ0n) is 10.4. The number of nitrogens with two attached hydrogens (primary N) is 1. The summed E-state index contributed by atoms with van der Waals surface area (Å²) < 4.78 is 0. The monoisotopic (exact) mass is 302 g/mol. The third-order valence-electron chi connectivity index (χ3n) is 2.74. The third-order valence-corrected chi connectivity index (χ3v) is 4.26. The first-order valence-corrected chi connectivity index (χ1v) is 7.13. The molecule has 0 saturated carbocycles. The maximum atomic E-state index is 6.19. The standard InChI is InChI=1S/C14H11ClN4S/c15-10-6-2-4-8-12(10)20-13-9-5-1-3-7-11(9)17-14(18-13)19-16/h1-8H,16H2,(H,17,18,19). The molecule has 2 aromatic carbocycles. The predicted molar refractivity (Wildman–Crippen MR) is 82.9 cm³/mol. The predicted octanol–water partition coefficient (Wildman–Crippen LogP) is 3.72. The van der Waals surface area contributed by atoms with Crippen LogP contribution < -0.4 is 11.3 Å². The van der Waals surface area contributed by atoms with Crippen molar-refractivity contribution >= 4 is 40.2 Å². The quantitative estimate of drug-likeness (QED) is 0.438. The van der Waals surface area contributed by atoms with E-state index in [-0.39, 0.29) is 0 Å². The van der Waals surface area contributed by atoms with Crippen molar-refractivity contribution in [2.24, 2.45) is 5.84 Å². The number of hydrogen-bond donors (Lipinski definition) is 2. The average Bonchev–Trinajstić information content (AvgIpc) is 2.49. The fraction of sp³-hybridized carbons (Fsp3) is 0. The molecule has 0 spiro atoms. The van der Waals surface area contributed by atoms with E-state index in [9.17, 15) is 0 Å². The number of anilines is 1. The summed E-state index contributed by atoms with van der Waals surface area (Å²) in [5, 5.41) is 2.48. The zero-order chi connectivity index (χ0) is 13.9. The van der Waals surface area contributed by atoms with Gasteiger partial charge in [-0.25, -0.2) is 15.8 Å². The smallest absolute Gasteiger partial charge is 0.238 e. The van der Waals surface area contributed by atoms with Crippen molar-refractivity contribution < 1.29 is 0 Å². The fourth-order valence-electron chi connectivity index (χ4n) is 1.82. The van der Waals surface area contributed by atoms with E-state index in [1.54, 1.807) is 0 Å². The number of nitrogens with one attached hydrogen (secondary N) is 1. The minimum atomic E-state index is 0.387. The lowest BCUT2D eigenvalue weighted by Gasteiger charge is -2.08. The summed E-state index contributed by atoms with van der Waals surface area (Å²) >= 11 is 7.69. The van der Waals surface area contributed by atoms with Gasteiger partial charge in [-0.15, -0.1) is 0 Å². The third kappa shape index (κ3) is 2.56. The zero-order valence-corrected chi connectivity index (χ0v) is 11.9. The fourth-order valence-corrected chi connectivity index (χ4v) is 3.01. The van der Waals surface area contributed by atoms with Crippen LogP contribution in [0.5, 0.6) is 0 Å². The topological polar surface area (TPSA) is 63.8 Å². The van der Waals surface area contributed by atoms with Gasteiger partial charge < -0.3 is 0 Å². The van der Waals surface area contributed by atoms with Crippen molar-refractivity contribution in [3.05, 3.63) is 53.6 Å². The Kier molecular flexibility index (Phi) is 3.73. The van der Waals surface area contributed by atoms with E-state index < -0.39 is 0 Å². The van der Waals surface area contributed by atoms with Crippen molar-refractivity contribution in [1.29, 1.82) is 0 Å². The molecular weight excluding hydrogens is 292 g/mol. The Labute approximate surface area is 125 Å². The Bertz CT molecular complexity index is 763. The van der Waals surface area contributed by atoms with Crippen molar-refractivity contribution in [3.8, 4) is 0 Å². The minimum absolute atomic E-state index is 0.387. The summed E-state index contributed by atoms with van der Waals surface area (Å²) in [6.07, 6.45) is 0. The Morgan fingerprint density at radius 3 is 2.55 bits per heavy atom. The molecule has 0 bridgehead atoms. The first-order valence-electron chi connectivity index (χ1n) is 5.94. The molecular formula is C14H11ClN4S. The minimum Gasteiger partial charge on any atom is -0.292 e.